The predicted octanol–water partition coefficient (Wildman–Crippen LogP) is 1.07. The van der Waals surface area contributed by atoms with Crippen molar-refractivity contribution in [2.45, 2.75) is 37.0 Å². The van der Waals surface area contributed by atoms with Crippen molar-refractivity contribution < 1.29 is 14.7 Å². The Morgan fingerprint density at radius 1 is 1.24 bits per heavy atom. The Morgan fingerprint density at radius 2 is 1.95 bits per heavy atom. The monoisotopic (exact) mass is 315 g/mol. The second-order valence-electron chi connectivity index (χ2n) is 5.83. The van der Waals surface area contributed by atoms with E-state index in [0.717, 1.165) is 12.8 Å². The number of amides is 2. The maximum Gasteiger partial charge on any atom is 0.317 e. The van der Waals surface area contributed by atoms with Crippen molar-refractivity contribution >= 4 is 23.8 Å². The van der Waals surface area contributed by atoms with Gasteiger partial charge in [-0.05, 0) is 25.5 Å². The molecule has 2 rings (SSSR count). The third-order valence-electron chi connectivity index (χ3n) is 4.31. The lowest BCUT2D eigenvalue weighted by atomic mass is 9.95. The second-order valence-corrected chi connectivity index (χ2v) is 6.97. The van der Waals surface area contributed by atoms with Gasteiger partial charge in [-0.1, -0.05) is 6.42 Å². The highest BCUT2D eigenvalue weighted by atomic mass is 32.2. The molecule has 0 aromatic rings. The van der Waals surface area contributed by atoms with Crippen LogP contribution in [0.1, 0.15) is 25.7 Å². The lowest BCUT2D eigenvalue weighted by molar-refractivity contribution is -0.138. The van der Waals surface area contributed by atoms with E-state index in [0.29, 0.717) is 37.5 Å². The molecule has 2 aliphatic rings. The Balaban J connectivity index is 1.73. The first kappa shape index (κ1) is 16.4. The fourth-order valence-corrected chi connectivity index (χ4v) is 3.88. The molecule has 0 aromatic carbocycles. The van der Waals surface area contributed by atoms with E-state index >= 15 is 0 Å². The molecule has 2 atom stereocenters. The molecule has 1 saturated heterocycles. The predicted molar refractivity (Wildman–Crippen MR) is 83.7 cm³/mol. The van der Waals surface area contributed by atoms with Crippen molar-refractivity contribution in [1.82, 2.24) is 15.1 Å². The summed E-state index contributed by atoms with van der Waals surface area (Å²) in [7, 11) is 0. The van der Waals surface area contributed by atoms with Gasteiger partial charge < -0.3 is 15.3 Å². The van der Waals surface area contributed by atoms with Crippen LogP contribution in [0.3, 0.4) is 0 Å². The molecule has 1 aliphatic carbocycles. The van der Waals surface area contributed by atoms with Crippen LogP contribution >= 0.6 is 11.8 Å². The number of carbonyl (C=O) groups excluding carboxylic acids is 1. The maximum absolute atomic E-state index is 12.3. The van der Waals surface area contributed by atoms with Crippen LogP contribution in [0.25, 0.3) is 0 Å². The van der Waals surface area contributed by atoms with Crippen molar-refractivity contribution in [1.29, 1.82) is 0 Å². The summed E-state index contributed by atoms with van der Waals surface area (Å²) in [6.07, 6.45) is 6.70. The van der Waals surface area contributed by atoms with Crippen LogP contribution in [0, 0.1) is 0 Å². The van der Waals surface area contributed by atoms with Gasteiger partial charge in [0.15, 0.2) is 0 Å². The lowest BCUT2D eigenvalue weighted by Crippen LogP contribution is -2.54. The topological polar surface area (TPSA) is 72.9 Å². The van der Waals surface area contributed by atoms with Gasteiger partial charge in [0.1, 0.15) is 0 Å². The first-order valence-corrected chi connectivity index (χ1v) is 8.89. The van der Waals surface area contributed by atoms with Gasteiger partial charge in [0.25, 0.3) is 0 Å². The van der Waals surface area contributed by atoms with E-state index in [9.17, 15) is 9.59 Å². The molecule has 0 aromatic heterocycles. The summed E-state index contributed by atoms with van der Waals surface area (Å²) in [6, 6.07) is 0.303. The minimum Gasteiger partial charge on any atom is -0.480 e. The first-order chi connectivity index (χ1) is 10.1. The Kier molecular flexibility index (Phi) is 6.17. The van der Waals surface area contributed by atoms with Gasteiger partial charge in [0.05, 0.1) is 6.54 Å². The zero-order valence-corrected chi connectivity index (χ0v) is 13.4. The zero-order chi connectivity index (χ0) is 15.2. The zero-order valence-electron chi connectivity index (χ0n) is 12.6. The van der Waals surface area contributed by atoms with Gasteiger partial charge in [0.2, 0.25) is 0 Å². The normalized spacial score (nSPS) is 27.4. The number of nitrogens with zero attached hydrogens (tertiary/aromatic N) is 2. The number of hydrogen-bond donors (Lipinski definition) is 2. The summed E-state index contributed by atoms with van der Waals surface area (Å²) in [5.41, 5.74) is 0. The SMILES string of the molecule is CSC1CCCC(NC(=O)N2CCN(CC(=O)O)CC2)C1. The van der Waals surface area contributed by atoms with Crippen LogP contribution < -0.4 is 5.32 Å². The molecule has 120 valence electrons. The van der Waals surface area contributed by atoms with E-state index in [2.05, 4.69) is 11.6 Å². The molecule has 7 heteroatoms. The number of carboxylic acids is 1. The van der Waals surface area contributed by atoms with Crippen molar-refractivity contribution in [2.75, 3.05) is 39.0 Å². The van der Waals surface area contributed by atoms with Gasteiger partial charge in [-0.15, -0.1) is 0 Å². The number of carbonyl (C=O) groups is 2. The molecule has 0 spiro atoms. The van der Waals surface area contributed by atoms with Crippen molar-refractivity contribution in [3.8, 4) is 0 Å². The number of urea groups is 1. The van der Waals surface area contributed by atoms with E-state index in [-0.39, 0.29) is 12.6 Å². The molecule has 2 N–H and O–H groups in total. The van der Waals surface area contributed by atoms with Gasteiger partial charge in [-0.25, -0.2) is 4.79 Å². The minimum absolute atomic E-state index is 0.0109. The molecule has 2 amide bonds. The number of rotatable bonds is 4. The summed E-state index contributed by atoms with van der Waals surface area (Å²) < 4.78 is 0. The smallest absolute Gasteiger partial charge is 0.317 e. The standard InChI is InChI=1S/C14H25N3O3S/c1-21-12-4-2-3-11(9-12)15-14(20)17-7-5-16(6-8-17)10-13(18)19/h11-12H,2-10H2,1H3,(H,15,20)(H,18,19). The number of aliphatic carboxylic acids is 1. The Labute approximate surface area is 130 Å². The number of carboxylic acid groups (broad SMARTS) is 1. The summed E-state index contributed by atoms with van der Waals surface area (Å²) in [6.45, 7) is 2.55. The average molecular weight is 315 g/mol. The van der Waals surface area contributed by atoms with Crippen molar-refractivity contribution in [3.63, 3.8) is 0 Å². The van der Waals surface area contributed by atoms with Crippen LogP contribution in [0.2, 0.25) is 0 Å². The second kappa shape index (κ2) is 7.89. The maximum atomic E-state index is 12.3. The number of nitrogens with one attached hydrogen (secondary N) is 1. The summed E-state index contributed by atoms with van der Waals surface area (Å²) in [4.78, 5) is 26.6. The summed E-state index contributed by atoms with van der Waals surface area (Å²) in [5, 5.41) is 12.6. The quantitative estimate of drug-likeness (QED) is 0.812. The van der Waals surface area contributed by atoms with E-state index in [1.165, 1.54) is 12.8 Å². The third kappa shape index (κ3) is 5.07. The highest BCUT2D eigenvalue weighted by Crippen LogP contribution is 2.27. The number of thioether (sulfide) groups is 1. The number of piperazine rings is 1. The van der Waals surface area contributed by atoms with Gasteiger partial charge in [-0.2, -0.15) is 11.8 Å². The lowest BCUT2D eigenvalue weighted by Gasteiger charge is -2.36. The largest absolute Gasteiger partial charge is 0.480 e. The molecule has 1 aliphatic heterocycles. The summed E-state index contributed by atoms with van der Waals surface area (Å²) >= 11 is 1.89. The molecule has 2 fully saturated rings. The molecule has 0 bridgehead atoms. The fraction of sp³-hybridized carbons (Fsp3) is 0.857. The van der Waals surface area contributed by atoms with Gasteiger partial charge >= 0.3 is 12.0 Å². The Hall–Kier alpha value is -0.950. The molecule has 1 heterocycles. The van der Waals surface area contributed by atoms with Crippen LogP contribution in [0.5, 0.6) is 0 Å². The van der Waals surface area contributed by atoms with E-state index in [1.807, 2.05) is 16.7 Å². The molecule has 21 heavy (non-hydrogen) atoms. The van der Waals surface area contributed by atoms with Gasteiger partial charge in [0, 0.05) is 37.5 Å². The highest BCUT2D eigenvalue weighted by molar-refractivity contribution is 7.99. The third-order valence-corrected chi connectivity index (χ3v) is 5.40. The molecule has 0 radical (unpaired) electrons. The van der Waals surface area contributed by atoms with E-state index in [1.54, 1.807) is 4.90 Å². The molecule has 2 unspecified atom stereocenters. The van der Waals surface area contributed by atoms with Crippen molar-refractivity contribution in [3.05, 3.63) is 0 Å². The molecular weight excluding hydrogens is 290 g/mol. The van der Waals surface area contributed by atoms with Gasteiger partial charge in [-0.3, -0.25) is 9.69 Å². The average Bonchev–Trinajstić information content (AvgIpc) is 2.47. The minimum atomic E-state index is -0.807. The first-order valence-electron chi connectivity index (χ1n) is 7.61. The molecule has 6 nitrogen and oxygen atoms in total. The highest BCUT2D eigenvalue weighted by Gasteiger charge is 2.26. The van der Waals surface area contributed by atoms with E-state index < -0.39 is 5.97 Å². The Bertz CT molecular complexity index is 372. The van der Waals surface area contributed by atoms with Crippen LogP contribution in [0.4, 0.5) is 4.79 Å². The Morgan fingerprint density at radius 3 is 2.57 bits per heavy atom. The molecular formula is C14H25N3O3S. The fourth-order valence-electron chi connectivity index (χ4n) is 3.06. The summed E-state index contributed by atoms with van der Waals surface area (Å²) in [5.74, 6) is -0.807. The van der Waals surface area contributed by atoms with Crippen LogP contribution in [-0.4, -0.2) is 77.2 Å². The van der Waals surface area contributed by atoms with Crippen LogP contribution in [0.15, 0.2) is 0 Å². The molecule has 1 saturated carbocycles. The van der Waals surface area contributed by atoms with Crippen LogP contribution in [-0.2, 0) is 4.79 Å². The van der Waals surface area contributed by atoms with E-state index in [4.69, 9.17) is 5.11 Å². The van der Waals surface area contributed by atoms with Crippen molar-refractivity contribution in [2.24, 2.45) is 0 Å². The number of hydrogen-bond acceptors (Lipinski definition) is 4.